The zero-order chi connectivity index (χ0) is 17.9. The van der Waals surface area contributed by atoms with Crippen molar-refractivity contribution in [3.63, 3.8) is 0 Å². The van der Waals surface area contributed by atoms with Crippen LogP contribution in [0.15, 0.2) is 42.7 Å². The van der Waals surface area contributed by atoms with E-state index in [9.17, 15) is 9.90 Å². The van der Waals surface area contributed by atoms with Gasteiger partial charge in [-0.3, -0.25) is 14.7 Å². The number of nitrogens with zero attached hydrogens (tertiary/aromatic N) is 4. The summed E-state index contributed by atoms with van der Waals surface area (Å²) in [4.78, 5) is 23.5. The van der Waals surface area contributed by atoms with Gasteiger partial charge in [0.25, 0.3) is 5.91 Å². The van der Waals surface area contributed by atoms with Crippen LogP contribution in [0.3, 0.4) is 0 Å². The van der Waals surface area contributed by atoms with E-state index < -0.39 is 11.5 Å². The third-order valence-electron chi connectivity index (χ3n) is 4.46. The van der Waals surface area contributed by atoms with Crippen LogP contribution in [-0.2, 0) is 6.54 Å². The number of likely N-dealkylation sites (tertiary alicyclic amines) is 1. The summed E-state index contributed by atoms with van der Waals surface area (Å²) >= 11 is 0. The fraction of sp³-hybridized carbons (Fsp3) is 0.389. The third kappa shape index (κ3) is 4.32. The average molecular weight is 341 g/mol. The molecule has 0 aliphatic carbocycles. The second kappa shape index (κ2) is 7.16. The van der Waals surface area contributed by atoms with Crippen molar-refractivity contribution < 1.29 is 9.90 Å². The molecule has 1 aromatic heterocycles. The number of likely N-dealkylation sites (N-methyl/N-ethyl adjacent to an activating group) is 1. The minimum Gasteiger partial charge on any atom is -0.387 e. The molecule has 0 bridgehead atoms. The molecule has 1 fully saturated rings. The van der Waals surface area contributed by atoms with Gasteiger partial charge in [-0.15, -0.1) is 0 Å². The van der Waals surface area contributed by atoms with E-state index in [1.807, 2.05) is 30.1 Å². The molecule has 7 heteroatoms. The fourth-order valence-electron chi connectivity index (χ4n) is 3.23. The highest BCUT2D eigenvalue weighted by molar-refractivity contribution is 5.90. The lowest BCUT2D eigenvalue weighted by Crippen LogP contribution is -2.44. The van der Waals surface area contributed by atoms with Crippen LogP contribution in [-0.4, -0.2) is 58.2 Å². The number of hydrogen-bond donors (Lipinski definition) is 2. The molecule has 3 N–H and O–H groups in total. The van der Waals surface area contributed by atoms with Crippen molar-refractivity contribution in [2.24, 2.45) is 5.73 Å². The first-order valence-corrected chi connectivity index (χ1v) is 8.27. The molecule has 25 heavy (non-hydrogen) atoms. The number of nitrogens with two attached hydrogens (primary N) is 1. The van der Waals surface area contributed by atoms with E-state index in [0.29, 0.717) is 25.3 Å². The Hall–Kier alpha value is -2.51. The lowest BCUT2D eigenvalue weighted by Gasteiger charge is -2.29. The number of carbonyl (C=O) groups is 1. The number of carbonyl (C=O) groups excluding carboxylic acids is 1. The van der Waals surface area contributed by atoms with E-state index in [2.05, 4.69) is 27.0 Å². The van der Waals surface area contributed by atoms with Gasteiger partial charge in [-0.1, -0.05) is 30.3 Å². The maximum absolute atomic E-state index is 11.2. The van der Waals surface area contributed by atoms with Crippen molar-refractivity contribution in [1.82, 2.24) is 14.9 Å². The highest BCUT2D eigenvalue weighted by Crippen LogP contribution is 2.25. The van der Waals surface area contributed by atoms with Gasteiger partial charge in [0.1, 0.15) is 11.5 Å². The number of rotatable bonds is 6. The summed E-state index contributed by atoms with van der Waals surface area (Å²) in [6.45, 7) is 2.67. The van der Waals surface area contributed by atoms with Crippen molar-refractivity contribution >= 4 is 11.7 Å². The van der Waals surface area contributed by atoms with Crippen LogP contribution in [0.1, 0.15) is 22.5 Å². The quantitative estimate of drug-likeness (QED) is 0.801. The largest absolute Gasteiger partial charge is 0.387 e. The summed E-state index contributed by atoms with van der Waals surface area (Å²) in [6, 6.07) is 10.2. The minimum atomic E-state index is -0.825. The molecule has 1 aliphatic rings. The minimum absolute atomic E-state index is 0.119. The first-order valence-electron chi connectivity index (χ1n) is 8.27. The molecule has 1 unspecified atom stereocenters. The molecule has 1 saturated heterocycles. The van der Waals surface area contributed by atoms with Crippen molar-refractivity contribution in [3.05, 3.63) is 54.0 Å². The Kier molecular flexibility index (Phi) is 4.96. The molecule has 0 spiro atoms. The van der Waals surface area contributed by atoms with Gasteiger partial charge in [-0.05, 0) is 12.0 Å². The summed E-state index contributed by atoms with van der Waals surface area (Å²) in [5.41, 5.74) is 5.78. The second-order valence-electron chi connectivity index (χ2n) is 6.65. The van der Waals surface area contributed by atoms with Crippen molar-refractivity contribution in [2.75, 3.05) is 31.6 Å². The number of amides is 1. The number of primary amides is 1. The number of aliphatic hydroxyl groups is 1. The van der Waals surface area contributed by atoms with Crippen LogP contribution >= 0.6 is 0 Å². The van der Waals surface area contributed by atoms with Crippen molar-refractivity contribution in [3.8, 4) is 0 Å². The zero-order valence-corrected chi connectivity index (χ0v) is 14.3. The van der Waals surface area contributed by atoms with E-state index in [-0.39, 0.29) is 5.69 Å². The summed E-state index contributed by atoms with van der Waals surface area (Å²) in [7, 11) is 1.83. The predicted octanol–water partition coefficient (Wildman–Crippen LogP) is 0.649. The topological polar surface area (TPSA) is 95.6 Å². The van der Waals surface area contributed by atoms with E-state index in [1.165, 1.54) is 11.8 Å². The van der Waals surface area contributed by atoms with E-state index in [4.69, 9.17) is 5.73 Å². The van der Waals surface area contributed by atoms with Crippen LogP contribution in [0.4, 0.5) is 5.82 Å². The summed E-state index contributed by atoms with van der Waals surface area (Å²) in [5, 5.41) is 10.9. The molecule has 1 amide bonds. The van der Waals surface area contributed by atoms with E-state index >= 15 is 0 Å². The van der Waals surface area contributed by atoms with Crippen LogP contribution < -0.4 is 10.6 Å². The van der Waals surface area contributed by atoms with Gasteiger partial charge < -0.3 is 15.7 Å². The fourth-order valence-corrected chi connectivity index (χ4v) is 3.23. The maximum Gasteiger partial charge on any atom is 0.268 e. The Balaban J connectivity index is 1.62. The first-order chi connectivity index (χ1) is 12.0. The van der Waals surface area contributed by atoms with Gasteiger partial charge >= 0.3 is 0 Å². The van der Waals surface area contributed by atoms with Crippen LogP contribution in [0.2, 0.25) is 0 Å². The normalized spacial score (nSPS) is 20.6. The Labute approximate surface area is 147 Å². The second-order valence-corrected chi connectivity index (χ2v) is 6.65. The van der Waals surface area contributed by atoms with Gasteiger partial charge in [-0.2, -0.15) is 0 Å². The molecule has 7 nitrogen and oxygen atoms in total. The number of benzene rings is 1. The highest BCUT2D eigenvalue weighted by atomic mass is 16.3. The summed E-state index contributed by atoms with van der Waals surface area (Å²) < 4.78 is 0. The zero-order valence-electron chi connectivity index (χ0n) is 14.3. The lowest BCUT2D eigenvalue weighted by molar-refractivity contribution is 0.0561. The monoisotopic (exact) mass is 341 g/mol. The Bertz CT molecular complexity index is 739. The van der Waals surface area contributed by atoms with Crippen LogP contribution in [0.25, 0.3) is 0 Å². The summed E-state index contributed by atoms with van der Waals surface area (Å²) in [6.07, 6.45) is 3.59. The molecule has 1 atom stereocenters. The molecule has 3 rings (SSSR count). The maximum atomic E-state index is 11.2. The third-order valence-corrected chi connectivity index (χ3v) is 4.46. The van der Waals surface area contributed by atoms with E-state index in [1.54, 1.807) is 6.20 Å². The molecule has 0 radical (unpaired) electrons. The molecule has 1 aromatic carbocycles. The van der Waals surface area contributed by atoms with Crippen molar-refractivity contribution in [1.29, 1.82) is 0 Å². The van der Waals surface area contributed by atoms with Crippen LogP contribution in [0, 0.1) is 0 Å². The predicted molar refractivity (Wildman–Crippen MR) is 95.1 cm³/mol. The Morgan fingerprint density at radius 2 is 2.12 bits per heavy atom. The molecule has 0 saturated carbocycles. The molecule has 2 aromatic rings. The van der Waals surface area contributed by atoms with Crippen molar-refractivity contribution in [2.45, 2.75) is 18.6 Å². The van der Waals surface area contributed by atoms with Gasteiger partial charge in [0.15, 0.2) is 0 Å². The molecule has 1 aliphatic heterocycles. The average Bonchev–Trinajstić information content (AvgIpc) is 2.96. The SMILES string of the molecule is CN(CC1(O)CCN(Cc2ccccc2)C1)c1cncc(C(N)=O)n1. The number of anilines is 1. The molecule has 132 valence electrons. The molecule has 2 heterocycles. The molecular weight excluding hydrogens is 318 g/mol. The van der Waals surface area contributed by atoms with Gasteiger partial charge in [0.05, 0.1) is 18.0 Å². The van der Waals surface area contributed by atoms with Gasteiger partial charge in [-0.25, -0.2) is 4.98 Å². The van der Waals surface area contributed by atoms with Gasteiger partial charge in [0, 0.05) is 33.2 Å². The lowest BCUT2D eigenvalue weighted by atomic mass is 10.0. The first kappa shape index (κ1) is 17.3. The number of aromatic nitrogens is 2. The van der Waals surface area contributed by atoms with Gasteiger partial charge in [0.2, 0.25) is 0 Å². The van der Waals surface area contributed by atoms with Crippen LogP contribution in [0.5, 0.6) is 0 Å². The Morgan fingerprint density at radius 1 is 1.36 bits per heavy atom. The Morgan fingerprint density at radius 3 is 2.84 bits per heavy atom. The smallest absolute Gasteiger partial charge is 0.268 e. The number of hydrogen-bond acceptors (Lipinski definition) is 6. The van der Waals surface area contributed by atoms with E-state index in [0.717, 1.165) is 13.1 Å². The summed E-state index contributed by atoms with van der Waals surface area (Å²) in [5.74, 6) is -0.0948. The standard InChI is InChI=1S/C18H23N5O2/c1-22(16-10-20-9-15(21-16)17(19)24)12-18(25)7-8-23(13-18)11-14-5-3-2-4-6-14/h2-6,9-10,25H,7-8,11-13H2,1H3,(H2,19,24). The molecular formula is C18H23N5O2. The highest BCUT2D eigenvalue weighted by Gasteiger charge is 2.37. The number of β-amino-alcohol motifs (C(OH)–C–C–N with tert-alkyl or cyclic N) is 1.